The van der Waals surface area contributed by atoms with Crippen LogP contribution in [-0.2, 0) is 28.9 Å². The van der Waals surface area contributed by atoms with Crippen LogP contribution in [0.3, 0.4) is 0 Å². The average molecular weight is 208 g/mol. The van der Waals surface area contributed by atoms with Crippen LogP contribution in [-0.4, -0.2) is 22.9 Å². The topological polar surface area (TPSA) is 44.1 Å². The van der Waals surface area contributed by atoms with E-state index < -0.39 is 0 Å². The number of methoxy groups -OCH3 is 1. The second-order valence-corrected chi connectivity index (χ2v) is 3.87. The minimum absolute atomic E-state index is 0.171. The second kappa shape index (κ2) is 4.47. The van der Waals surface area contributed by atoms with Crippen molar-refractivity contribution in [1.29, 1.82) is 0 Å². The van der Waals surface area contributed by atoms with E-state index >= 15 is 0 Å². The van der Waals surface area contributed by atoms with Gasteiger partial charge in [-0.3, -0.25) is 9.48 Å². The molecular formula is C11H16N2O2. The third-order valence-corrected chi connectivity index (χ3v) is 2.90. The van der Waals surface area contributed by atoms with Crippen molar-refractivity contribution < 1.29 is 9.53 Å². The van der Waals surface area contributed by atoms with Crippen LogP contribution in [0.5, 0.6) is 0 Å². The molecule has 0 saturated heterocycles. The molecule has 15 heavy (non-hydrogen) atoms. The van der Waals surface area contributed by atoms with E-state index in [9.17, 15) is 4.79 Å². The molecule has 1 aliphatic rings. The Balaban J connectivity index is 2.02. The van der Waals surface area contributed by atoms with E-state index in [4.69, 9.17) is 0 Å². The zero-order valence-corrected chi connectivity index (χ0v) is 9.03. The Labute approximate surface area is 89.2 Å². The third kappa shape index (κ3) is 2.19. The Morgan fingerprint density at radius 3 is 3.13 bits per heavy atom. The van der Waals surface area contributed by atoms with Crippen LogP contribution in [0.15, 0.2) is 6.20 Å². The Kier molecular flexibility index (Phi) is 3.04. The fraction of sp³-hybridized carbons (Fsp3) is 0.636. The molecule has 82 valence electrons. The van der Waals surface area contributed by atoms with E-state index in [2.05, 4.69) is 9.84 Å². The molecule has 2 rings (SSSR count). The predicted molar refractivity (Wildman–Crippen MR) is 55.5 cm³/mol. The summed E-state index contributed by atoms with van der Waals surface area (Å²) in [7, 11) is 1.42. The molecule has 0 radical (unpaired) electrons. The molecule has 0 spiro atoms. The minimum atomic E-state index is -0.171. The molecule has 0 amide bonds. The van der Waals surface area contributed by atoms with Crippen LogP contribution < -0.4 is 0 Å². The summed E-state index contributed by atoms with van der Waals surface area (Å²) in [6.45, 7) is 0.641. The predicted octanol–water partition coefficient (Wildman–Crippen LogP) is 1.32. The summed E-state index contributed by atoms with van der Waals surface area (Å²) in [4.78, 5) is 11.0. The first-order chi connectivity index (χ1) is 7.31. The number of nitrogens with zero attached hydrogens (tertiary/aromatic N) is 2. The largest absolute Gasteiger partial charge is 0.469 e. The summed E-state index contributed by atoms with van der Waals surface area (Å²) < 4.78 is 6.56. The standard InChI is InChI=1S/C11H16N2O2/c1-15-11(14)6-7-13-10-5-3-2-4-9(10)8-12-13/h8H,2-7H2,1H3. The fourth-order valence-electron chi connectivity index (χ4n) is 2.05. The van der Waals surface area contributed by atoms with Crippen LogP contribution in [0.25, 0.3) is 0 Å². The molecule has 0 aliphatic heterocycles. The van der Waals surface area contributed by atoms with Gasteiger partial charge in [0.1, 0.15) is 0 Å². The number of ether oxygens (including phenoxy) is 1. The second-order valence-electron chi connectivity index (χ2n) is 3.87. The molecule has 0 aromatic carbocycles. The number of rotatable bonds is 3. The highest BCUT2D eigenvalue weighted by molar-refractivity contribution is 5.68. The SMILES string of the molecule is COC(=O)CCn1ncc2c1CCCC2. The summed E-state index contributed by atoms with van der Waals surface area (Å²) >= 11 is 0. The Hall–Kier alpha value is -1.32. The first-order valence-corrected chi connectivity index (χ1v) is 5.41. The van der Waals surface area contributed by atoms with Crippen LogP contribution >= 0.6 is 0 Å². The fourth-order valence-corrected chi connectivity index (χ4v) is 2.05. The maximum atomic E-state index is 11.0. The molecule has 1 heterocycles. The molecule has 1 aromatic heterocycles. The number of aryl methyl sites for hydroxylation is 2. The molecule has 0 atom stereocenters. The van der Waals surface area contributed by atoms with Crippen LogP contribution in [0.2, 0.25) is 0 Å². The molecule has 0 N–H and O–H groups in total. The maximum Gasteiger partial charge on any atom is 0.307 e. The molecule has 4 nitrogen and oxygen atoms in total. The first kappa shape index (κ1) is 10.2. The molecular weight excluding hydrogens is 192 g/mol. The smallest absolute Gasteiger partial charge is 0.307 e. The average Bonchev–Trinajstić information content (AvgIpc) is 2.69. The quantitative estimate of drug-likeness (QED) is 0.704. The van der Waals surface area contributed by atoms with Gasteiger partial charge in [0.05, 0.1) is 26.3 Å². The summed E-state index contributed by atoms with van der Waals surface area (Å²) in [5.41, 5.74) is 2.66. The van der Waals surface area contributed by atoms with Crippen molar-refractivity contribution in [3.05, 3.63) is 17.5 Å². The molecule has 0 unspecified atom stereocenters. The van der Waals surface area contributed by atoms with Crippen LogP contribution in [0.1, 0.15) is 30.5 Å². The van der Waals surface area contributed by atoms with Gasteiger partial charge in [0.15, 0.2) is 0 Å². The Morgan fingerprint density at radius 1 is 1.53 bits per heavy atom. The number of aromatic nitrogens is 2. The van der Waals surface area contributed by atoms with Gasteiger partial charge in [-0.25, -0.2) is 0 Å². The van der Waals surface area contributed by atoms with Crippen molar-refractivity contribution in [2.24, 2.45) is 0 Å². The Bertz CT molecular complexity index is 357. The summed E-state index contributed by atoms with van der Waals surface area (Å²) in [6.07, 6.45) is 7.06. The van der Waals surface area contributed by atoms with Crippen molar-refractivity contribution in [2.75, 3.05) is 7.11 Å². The lowest BCUT2D eigenvalue weighted by atomic mass is 9.98. The number of carbonyl (C=O) groups is 1. The number of esters is 1. The zero-order chi connectivity index (χ0) is 10.7. The van der Waals surface area contributed by atoms with E-state index in [-0.39, 0.29) is 5.97 Å². The van der Waals surface area contributed by atoms with E-state index in [0.29, 0.717) is 13.0 Å². The zero-order valence-electron chi connectivity index (χ0n) is 9.03. The Morgan fingerprint density at radius 2 is 2.33 bits per heavy atom. The van der Waals surface area contributed by atoms with Crippen molar-refractivity contribution in [3.63, 3.8) is 0 Å². The molecule has 4 heteroatoms. The van der Waals surface area contributed by atoms with E-state index in [1.54, 1.807) is 0 Å². The van der Waals surface area contributed by atoms with E-state index in [0.717, 1.165) is 12.8 Å². The van der Waals surface area contributed by atoms with Gasteiger partial charge in [-0.15, -0.1) is 0 Å². The summed E-state index contributed by atoms with van der Waals surface area (Å²) in [5, 5.41) is 4.31. The molecule has 0 saturated carbocycles. The van der Waals surface area contributed by atoms with Gasteiger partial charge < -0.3 is 4.74 Å². The lowest BCUT2D eigenvalue weighted by Crippen LogP contribution is -2.12. The summed E-state index contributed by atoms with van der Waals surface area (Å²) in [5.74, 6) is -0.171. The van der Waals surface area contributed by atoms with Crippen molar-refractivity contribution >= 4 is 5.97 Å². The monoisotopic (exact) mass is 208 g/mol. The molecule has 0 bridgehead atoms. The molecule has 1 aliphatic carbocycles. The first-order valence-electron chi connectivity index (χ1n) is 5.41. The van der Waals surface area contributed by atoms with Crippen molar-refractivity contribution in [1.82, 2.24) is 9.78 Å². The van der Waals surface area contributed by atoms with Gasteiger partial charge in [-0.1, -0.05) is 0 Å². The molecule has 0 fully saturated rings. The van der Waals surface area contributed by atoms with Crippen LogP contribution in [0, 0.1) is 0 Å². The number of hydrogen-bond acceptors (Lipinski definition) is 3. The number of fused-ring (bicyclic) bond motifs is 1. The molecule has 1 aromatic rings. The highest BCUT2D eigenvalue weighted by Crippen LogP contribution is 2.20. The normalized spacial score (nSPS) is 14.7. The number of carbonyl (C=O) groups excluding carboxylic acids is 1. The lowest BCUT2D eigenvalue weighted by molar-refractivity contribution is -0.140. The van der Waals surface area contributed by atoms with E-state index in [1.165, 1.54) is 31.2 Å². The van der Waals surface area contributed by atoms with Crippen molar-refractivity contribution in [2.45, 2.75) is 38.6 Å². The maximum absolute atomic E-state index is 11.0. The van der Waals surface area contributed by atoms with Gasteiger partial charge in [-0.2, -0.15) is 5.10 Å². The highest BCUT2D eigenvalue weighted by Gasteiger charge is 2.15. The number of hydrogen-bond donors (Lipinski definition) is 0. The minimum Gasteiger partial charge on any atom is -0.469 e. The highest BCUT2D eigenvalue weighted by atomic mass is 16.5. The van der Waals surface area contributed by atoms with Gasteiger partial charge in [0.2, 0.25) is 0 Å². The lowest BCUT2D eigenvalue weighted by Gasteiger charge is -2.13. The van der Waals surface area contributed by atoms with Gasteiger partial charge in [-0.05, 0) is 31.2 Å². The van der Waals surface area contributed by atoms with E-state index in [1.807, 2.05) is 10.9 Å². The van der Waals surface area contributed by atoms with Crippen molar-refractivity contribution in [3.8, 4) is 0 Å². The van der Waals surface area contributed by atoms with Gasteiger partial charge in [0, 0.05) is 5.69 Å². The van der Waals surface area contributed by atoms with Crippen LogP contribution in [0.4, 0.5) is 0 Å². The van der Waals surface area contributed by atoms with Gasteiger partial charge >= 0.3 is 5.97 Å². The summed E-state index contributed by atoms with van der Waals surface area (Å²) in [6, 6.07) is 0. The van der Waals surface area contributed by atoms with Gasteiger partial charge in [0.25, 0.3) is 0 Å². The third-order valence-electron chi connectivity index (χ3n) is 2.90.